The summed E-state index contributed by atoms with van der Waals surface area (Å²) < 4.78 is 32.8. The predicted molar refractivity (Wildman–Crippen MR) is 72.7 cm³/mol. The van der Waals surface area contributed by atoms with Gasteiger partial charge in [-0.25, -0.2) is 8.78 Å². The predicted octanol–water partition coefficient (Wildman–Crippen LogP) is 3.77. The molecule has 0 aliphatic rings. The molecule has 0 aromatic heterocycles. The van der Waals surface area contributed by atoms with Crippen LogP contribution >= 0.6 is 15.9 Å². The summed E-state index contributed by atoms with van der Waals surface area (Å²) in [6, 6.07) is 8.82. The Morgan fingerprint density at radius 3 is 2.53 bits per heavy atom. The largest absolute Gasteiger partial charge is 0.488 e. The van der Waals surface area contributed by atoms with E-state index >= 15 is 0 Å². The molecule has 2 rings (SSSR count). The smallest absolute Gasteiger partial charge is 0.130 e. The van der Waals surface area contributed by atoms with Crippen LogP contribution in [0.15, 0.2) is 40.9 Å². The third kappa shape index (κ3) is 3.52. The van der Waals surface area contributed by atoms with Crippen molar-refractivity contribution in [2.24, 2.45) is 5.73 Å². The zero-order chi connectivity index (χ0) is 13.8. The summed E-state index contributed by atoms with van der Waals surface area (Å²) >= 11 is 3.18. The van der Waals surface area contributed by atoms with Crippen molar-refractivity contribution in [3.8, 4) is 5.75 Å². The van der Waals surface area contributed by atoms with Gasteiger partial charge < -0.3 is 10.5 Å². The van der Waals surface area contributed by atoms with E-state index in [1.54, 1.807) is 12.1 Å². The molecule has 19 heavy (non-hydrogen) atoms. The summed E-state index contributed by atoms with van der Waals surface area (Å²) in [5, 5.41) is 0. The lowest BCUT2D eigenvalue weighted by Gasteiger charge is -2.11. The summed E-state index contributed by atoms with van der Waals surface area (Å²) in [4.78, 5) is 0. The van der Waals surface area contributed by atoms with E-state index in [2.05, 4.69) is 15.9 Å². The van der Waals surface area contributed by atoms with Crippen LogP contribution in [-0.2, 0) is 13.2 Å². The molecule has 0 bridgehead atoms. The van der Waals surface area contributed by atoms with Crippen molar-refractivity contribution in [3.63, 3.8) is 0 Å². The Morgan fingerprint density at radius 1 is 1.05 bits per heavy atom. The van der Waals surface area contributed by atoms with Gasteiger partial charge >= 0.3 is 0 Å². The van der Waals surface area contributed by atoms with Crippen molar-refractivity contribution in [2.45, 2.75) is 13.2 Å². The highest BCUT2D eigenvalue weighted by Gasteiger charge is 2.07. The molecule has 0 saturated heterocycles. The third-order valence-corrected chi connectivity index (χ3v) is 3.13. The fraction of sp³-hybridized carbons (Fsp3) is 0.143. The topological polar surface area (TPSA) is 35.2 Å². The molecule has 0 radical (unpaired) electrons. The van der Waals surface area contributed by atoms with Crippen molar-refractivity contribution in [2.75, 3.05) is 0 Å². The zero-order valence-electron chi connectivity index (χ0n) is 10.00. The Hall–Kier alpha value is -1.46. The second-order valence-electron chi connectivity index (χ2n) is 3.98. The molecule has 0 heterocycles. The molecule has 2 aromatic rings. The fourth-order valence-electron chi connectivity index (χ4n) is 1.64. The van der Waals surface area contributed by atoms with Crippen molar-refractivity contribution >= 4 is 15.9 Å². The summed E-state index contributed by atoms with van der Waals surface area (Å²) in [6.07, 6.45) is 0. The van der Waals surface area contributed by atoms with Crippen LogP contribution in [0.3, 0.4) is 0 Å². The normalized spacial score (nSPS) is 10.5. The summed E-state index contributed by atoms with van der Waals surface area (Å²) in [6.45, 7) is 0.230. The van der Waals surface area contributed by atoms with Crippen LogP contribution < -0.4 is 10.5 Å². The molecule has 0 amide bonds. The van der Waals surface area contributed by atoms with Crippen LogP contribution in [0.25, 0.3) is 0 Å². The minimum atomic E-state index is -0.373. The lowest BCUT2D eigenvalue weighted by molar-refractivity contribution is 0.296. The second-order valence-corrected chi connectivity index (χ2v) is 4.90. The molecule has 0 fully saturated rings. The highest BCUT2D eigenvalue weighted by molar-refractivity contribution is 9.10. The molecule has 0 atom stereocenters. The van der Waals surface area contributed by atoms with Gasteiger partial charge in [0.05, 0.1) is 0 Å². The summed E-state index contributed by atoms with van der Waals surface area (Å²) in [7, 11) is 0. The minimum absolute atomic E-state index is 0.0672. The van der Waals surface area contributed by atoms with Crippen LogP contribution in [0.4, 0.5) is 8.78 Å². The van der Waals surface area contributed by atoms with Crippen molar-refractivity contribution in [1.82, 2.24) is 0 Å². The number of hydrogen-bond acceptors (Lipinski definition) is 2. The SMILES string of the molecule is NCc1cc(F)ccc1OCc1ccc(Br)cc1F. The van der Waals surface area contributed by atoms with Crippen molar-refractivity contribution < 1.29 is 13.5 Å². The molecule has 0 saturated carbocycles. The van der Waals surface area contributed by atoms with Crippen LogP contribution in [0.2, 0.25) is 0 Å². The maximum absolute atomic E-state index is 13.6. The average Bonchev–Trinajstić information content (AvgIpc) is 2.39. The number of rotatable bonds is 4. The first-order valence-electron chi connectivity index (χ1n) is 5.65. The van der Waals surface area contributed by atoms with Crippen molar-refractivity contribution in [3.05, 3.63) is 63.6 Å². The molecule has 100 valence electrons. The van der Waals surface area contributed by atoms with Gasteiger partial charge in [-0.05, 0) is 30.3 Å². The van der Waals surface area contributed by atoms with E-state index in [1.807, 2.05) is 0 Å². The third-order valence-electron chi connectivity index (χ3n) is 2.64. The molecule has 0 aliphatic carbocycles. The van der Waals surface area contributed by atoms with E-state index in [9.17, 15) is 8.78 Å². The number of halogens is 3. The van der Waals surface area contributed by atoms with Gasteiger partial charge in [0.1, 0.15) is 24.0 Å². The summed E-state index contributed by atoms with van der Waals surface area (Å²) in [5.74, 6) is -0.264. The van der Waals surface area contributed by atoms with E-state index in [0.717, 1.165) is 0 Å². The fourth-order valence-corrected chi connectivity index (χ4v) is 1.98. The molecule has 2 nitrogen and oxygen atoms in total. The van der Waals surface area contributed by atoms with Crippen LogP contribution in [0.5, 0.6) is 5.75 Å². The maximum Gasteiger partial charge on any atom is 0.130 e. The maximum atomic E-state index is 13.6. The van der Waals surface area contributed by atoms with E-state index in [1.165, 1.54) is 24.3 Å². The van der Waals surface area contributed by atoms with Gasteiger partial charge in [-0.2, -0.15) is 0 Å². The minimum Gasteiger partial charge on any atom is -0.488 e. The number of benzene rings is 2. The van der Waals surface area contributed by atoms with E-state index in [4.69, 9.17) is 10.5 Å². The molecule has 5 heteroatoms. The van der Waals surface area contributed by atoms with Gasteiger partial charge in [-0.15, -0.1) is 0 Å². The number of hydrogen-bond donors (Lipinski definition) is 1. The van der Waals surface area contributed by atoms with Gasteiger partial charge in [0.15, 0.2) is 0 Å². The number of nitrogens with two attached hydrogens (primary N) is 1. The van der Waals surface area contributed by atoms with E-state index in [0.29, 0.717) is 21.3 Å². The van der Waals surface area contributed by atoms with Gasteiger partial charge in [0.25, 0.3) is 0 Å². The van der Waals surface area contributed by atoms with Gasteiger partial charge in [-0.3, -0.25) is 0 Å². The molecule has 2 aromatic carbocycles. The first kappa shape index (κ1) is 14.0. The van der Waals surface area contributed by atoms with Gasteiger partial charge in [-0.1, -0.05) is 22.0 Å². The molecule has 0 spiro atoms. The molecule has 2 N–H and O–H groups in total. The monoisotopic (exact) mass is 327 g/mol. The van der Waals surface area contributed by atoms with Crippen LogP contribution in [-0.4, -0.2) is 0 Å². The lowest BCUT2D eigenvalue weighted by atomic mass is 10.2. The summed E-state index contributed by atoms with van der Waals surface area (Å²) in [5.41, 5.74) is 6.49. The second kappa shape index (κ2) is 6.12. The zero-order valence-corrected chi connectivity index (χ0v) is 11.6. The molecule has 0 aliphatic heterocycles. The Labute approximate surface area is 118 Å². The first-order valence-corrected chi connectivity index (χ1v) is 6.44. The Balaban J connectivity index is 2.14. The Morgan fingerprint density at radius 2 is 1.84 bits per heavy atom. The Kier molecular flexibility index (Phi) is 4.50. The standard InChI is InChI=1S/C14H12BrF2NO/c15-11-2-1-9(13(17)6-11)8-19-14-4-3-12(16)5-10(14)7-18/h1-6H,7-8,18H2. The molecule has 0 unspecified atom stereocenters. The first-order chi connectivity index (χ1) is 9.10. The highest BCUT2D eigenvalue weighted by Crippen LogP contribution is 2.22. The van der Waals surface area contributed by atoms with E-state index < -0.39 is 0 Å². The number of ether oxygens (including phenoxy) is 1. The van der Waals surface area contributed by atoms with Crippen LogP contribution in [0.1, 0.15) is 11.1 Å². The Bertz CT molecular complexity index is 590. The average molecular weight is 328 g/mol. The van der Waals surface area contributed by atoms with Gasteiger partial charge in [0.2, 0.25) is 0 Å². The highest BCUT2D eigenvalue weighted by atomic mass is 79.9. The molecular formula is C14H12BrF2NO. The van der Waals surface area contributed by atoms with Crippen LogP contribution in [0, 0.1) is 11.6 Å². The molecular weight excluding hydrogens is 316 g/mol. The quantitative estimate of drug-likeness (QED) is 0.927. The van der Waals surface area contributed by atoms with E-state index in [-0.39, 0.29) is 24.8 Å². The van der Waals surface area contributed by atoms with Crippen molar-refractivity contribution in [1.29, 1.82) is 0 Å². The lowest BCUT2D eigenvalue weighted by Crippen LogP contribution is -2.04. The van der Waals surface area contributed by atoms with Gasteiger partial charge in [0, 0.05) is 22.1 Å².